The van der Waals surface area contributed by atoms with Crippen molar-refractivity contribution >= 4 is 50.0 Å². The van der Waals surface area contributed by atoms with E-state index in [1.165, 1.54) is 11.3 Å². The number of hydrogen-bond donors (Lipinski definition) is 2. The molecule has 2 aromatic rings. The molecule has 1 aromatic carbocycles. The Morgan fingerprint density at radius 1 is 1.48 bits per heavy atom. The molecule has 1 heterocycles. The van der Waals surface area contributed by atoms with E-state index in [1.807, 2.05) is 19.0 Å². The van der Waals surface area contributed by atoms with Crippen molar-refractivity contribution in [3.63, 3.8) is 0 Å². The van der Waals surface area contributed by atoms with Crippen molar-refractivity contribution in [2.75, 3.05) is 19.0 Å². The van der Waals surface area contributed by atoms with E-state index in [2.05, 4.69) is 31.3 Å². The van der Waals surface area contributed by atoms with E-state index in [0.29, 0.717) is 9.24 Å². The zero-order valence-electron chi connectivity index (χ0n) is 11.0. The highest BCUT2D eigenvalue weighted by molar-refractivity contribution is 9.10. The van der Waals surface area contributed by atoms with Crippen LogP contribution in [0.25, 0.3) is 0 Å². The number of anilines is 1. The van der Waals surface area contributed by atoms with Crippen LogP contribution in [-0.4, -0.2) is 35.3 Å². The van der Waals surface area contributed by atoms with Gasteiger partial charge in [0.2, 0.25) is 5.13 Å². The third-order valence-corrected chi connectivity index (χ3v) is 5.36. The molecule has 0 aliphatic rings. The summed E-state index contributed by atoms with van der Waals surface area (Å²) in [5.41, 5.74) is 5.76. The number of halogens is 2. The van der Waals surface area contributed by atoms with E-state index in [1.54, 1.807) is 12.1 Å². The van der Waals surface area contributed by atoms with Crippen LogP contribution in [0.1, 0.15) is 5.56 Å². The minimum atomic E-state index is -0.495. The number of oxime groups is 1. The first kappa shape index (κ1) is 16.0. The normalized spacial score (nSPS) is 11.7. The summed E-state index contributed by atoms with van der Waals surface area (Å²) in [4.78, 5) is 2.20. The summed E-state index contributed by atoms with van der Waals surface area (Å²) in [5.74, 6) is -0.658. The first-order valence-electron chi connectivity index (χ1n) is 5.58. The minimum Gasteiger partial charge on any atom is -0.409 e. The Bertz CT molecular complexity index is 691. The van der Waals surface area contributed by atoms with Crippen molar-refractivity contribution < 1.29 is 9.60 Å². The summed E-state index contributed by atoms with van der Waals surface area (Å²) in [7, 11) is 3.72. The molecular formula is C11H11BrFN5OS2. The number of benzene rings is 1. The molecule has 0 saturated carbocycles. The monoisotopic (exact) mass is 391 g/mol. The molecule has 112 valence electrons. The first-order chi connectivity index (χ1) is 9.93. The summed E-state index contributed by atoms with van der Waals surface area (Å²) in [5, 5.41) is 20.2. The molecule has 0 atom stereocenters. The maximum Gasteiger partial charge on any atom is 0.208 e. The van der Waals surface area contributed by atoms with Crippen LogP contribution in [0.4, 0.5) is 9.52 Å². The van der Waals surface area contributed by atoms with Gasteiger partial charge in [0, 0.05) is 19.7 Å². The predicted molar refractivity (Wildman–Crippen MR) is 85.0 cm³/mol. The lowest BCUT2D eigenvalue weighted by Gasteiger charge is -2.07. The highest BCUT2D eigenvalue weighted by Crippen LogP contribution is 2.37. The molecule has 0 unspecified atom stereocenters. The van der Waals surface area contributed by atoms with Crippen LogP contribution in [0.15, 0.2) is 31.0 Å². The maximum atomic E-state index is 14.3. The summed E-state index contributed by atoms with van der Waals surface area (Å²) in [6.45, 7) is 0. The lowest BCUT2D eigenvalue weighted by atomic mass is 10.2. The molecular weight excluding hydrogens is 381 g/mol. The summed E-state index contributed by atoms with van der Waals surface area (Å²) >= 11 is 5.64. The van der Waals surface area contributed by atoms with Gasteiger partial charge in [-0.1, -0.05) is 28.3 Å². The van der Waals surface area contributed by atoms with Gasteiger partial charge < -0.3 is 15.8 Å². The van der Waals surface area contributed by atoms with Gasteiger partial charge in [0.15, 0.2) is 16.0 Å². The highest BCUT2D eigenvalue weighted by Gasteiger charge is 2.16. The second-order valence-corrected chi connectivity index (χ2v) is 7.11. The van der Waals surface area contributed by atoms with E-state index >= 15 is 0 Å². The van der Waals surface area contributed by atoms with E-state index in [0.717, 1.165) is 16.9 Å². The van der Waals surface area contributed by atoms with Crippen LogP contribution in [0.3, 0.4) is 0 Å². The van der Waals surface area contributed by atoms with E-state index in [9.17, 15) is 4.39 Å². The average Bonchev–Trinajstić information content (AvgIpc) is 2.92. The van der Waals surface area contributed by atoms with Crippen LogP contribution < -0.4 is 10.6 Å². The number of hydrogen-bond acceptors (Lipinski definition) is 7. The molecule has 10 heteroatoms. The number of amidine groups is 1. The topological polar surface area (TPSA) is 87.6 Å². The van der Waals surface area contributed by atoms with Crippen LogP contribution >= 0.6 is 39.0 Å². The molecule has 1 aromatic heterocycles. The first-order valence-corrected chi connectivity index (χ1v) is 8.01. The fourth-order valence-electron chi connectivity index (χ4n) is 1.38. The SMILES string of the molecule is CN(C)c1nnc(Sc2ccc(/C(N)=N/O)c(Br)c2F)s1. The number of nitrogens with zero attached hydrogens (tertiary/aromatic N) is 4. The lowest BCUT2D eigenvalue weighted by Crippen LogP contribution is -2.14. The Balaban J connectivity index is 2.30. The van der Waals surface area contributed by atoms with Crippen molar-refractivity contribution in [1.29, 1.82) is 0 Å². The molecule has 21 heavy (non-hydrogen) atoms. The van der Waals surface area contributed by atoms with Crippen molar-refractivity contribution in [1.82, 2.24) is 10.2 Å². The highest BCUT2D eigenvalue weighted by atomic mass is 79.9. The molecule has 0 bridgehead atoms. The zero-order valence-corrected chi connectivity index (χ0v) is 14.3. The largest absolute Gasteiger partial charge is 0.409 e. The van der Waals surface area contributed by atoms with Gasteiger partial charge in [0.05, 0.1) is 9.37 Å². The average molecular weight is 392 g/mol. The Labute approximate surface area is 137 Å². The van der Waals surface area contributed by atoms with Gasteiger partial charge in [-0.05, 0) is 28.1 Å². The Kier molecular flexibility index (Phi) is 5.01. The summed E-state index contributed by atoms with van der Waals surface area (Å²) in [6.07, 6.45) is 0. The fraction of sp³-hybridized carbons (Fsp3) is 0.182. The third kappa shape index (κ3) is 3.44. The smallest absolute Gasteiger partial charge is 0.208 e. The van der Waals surface area contributed by atoms with E-state index in [-0.39, 0.29) is 15.9 Å². The van der Waals surface area contributed by atoms with E-state index in [4.69, 9.17) is 10.9 Å². The fourth-order valence-corrected chi connectivity index (χ4v) is 3.82. The van der Waals surface area contributed by atoms with Crippen molar-refractivity contribution in [2.45, 2.75) is 9.24 Å². The quantitative estimate of drug-likeness (QED) is 0.360. The summed E-state index contributed by atoms with van der Waals surface area (Å²) < 4.78 is 15.1. The molecule has 6 nitrogen and oxygen atoms in total. The van der Waals surface area contributed by atoms with Crippen molar-refractivity contribution in [2.24, 2.45) is 10.9 Å². The van der Waals surface area contributed by atoms with Crippen molar-refractivity contribution in [3.8, 4) is 0 Å². The van der Waals surface area contributed by atoms with E-state index < -0.39 is 5.82 Å². The van der Waals surface area contributed by atoms with Crippen LogP contribution in [0, 0.1) is 5.82 Å². The van der Waals surface area contributed by atoms with Crippen LogP contribution in [0.5, 0.6) is 0 Å². The van der Waals surface area contributed by atoms with Crippen molar-refractivity contribution in [3.05, 3.63) is 28.0 Å². The van der Waals surface area contributed by atoms with Crippen LogP contribution in [0.2, 0.25) is 0 Å². The molecule has 0 radical (unpaired) electrons. The Morgan fingerprint density at radius 2 is 2.19 bits per heavy atom. The zero-order chi connectivity index (χ0) is 15.6. The number of nitrogens with two attached hydrogens (primary N) is 1. The Hall–Kier alpha value is -1.39. The molecule has 0 amide bonds. The Morgan fingerprint density at radius 3 is 2.76 bits per heavy atom. The van der Waals surface area contributed by atoms with Gasteiger partial charge in [0.1, 0.15) is 0 Å². The lowest BCUT2D eigenvalue weighted by molar-refractivity contribution is 0.318. The van der Waals surface area contributed by atoms with Gasteiger partial charge >= 0.3 is 0 Å². The maximum absolute atomic E-state index is 14.3. The molecule has 0 aliphatic heterocycles. The molecule has 0 saturated heterocycles. The van der Waals surface area contributed by atoms with Crippen LogP contribution in [-0.2, 0) is 0 Å². The third-order valence-electron chi connectivity index (χ3n) is 2.41. The molecule has 3 N–H and O–H groups in total. The van der Waals surface area contributed by atoms with Gasteiger partial charge in [-0.15, -0.1) is 10.2 Å². The molecule has 2 rings (SSSR count). The standard InChI is InChI=1S/C11H11BrFN5OS2/c1-18(2)10-15-16-11(21-10)20-6-4-3-5(9(14)17-19)7(12)8(6)13/h3-4,19H,1-2H3,(H2,14,17). The van der Waals surface area contributed by atoms with Gasteiger partial charge in [-0.2, -0.15) is 0 Å². The minimum absolute atomic E-state index is 0.139. The summed E-state index contributed by atoms with van der Waals surface area (Å²) in [6, 6.07) is 3.12. The number of rotatable bonds is 4. The predicted octanol–water partition coefficient (Wildman–Crippen LogP) is 2.75. The van der Waals surface area contributed by atoms with Gasteiger partial charge in [-0.3, -0.25) is 0 Å². The van der Waals surface area contributed by atoms with Gasteiger partial charge in [-0.25, -0.2) is 4.39 Å². The molecule has 0 fully saturated rings. The van der Waals surface area contributed by atoms with Gasteiger partial charge in [0.25, 0.3) is 0 Å². The second kappa shape index (κ2) is 6.58. The molecule has 0 spiro atoms. The second-order valence-electron chi connectivity index (χ2n) is 4.07. The molecule has 0 aliphatic carbocycles. The number of aromatic nitrogens is 2.